The summed E-state index contributed by atoms with van der Waals surface area (Å²) in [7, 11) is 0. The van der Waals surface area contributed by atoms with Crippen LogP contribution in [0.5, 0.6) is 5.75 Å². The number of hydrogen-bond donors (Lipinski definition) is 0. The van der Waals surface area contributed by atoms with Crippen LogP contribution in [0.4, 0.5) is 5.69 Å². The Morgan fingerprint density at radius 1 is 1.10 bits per heavy atom. The highest BCUT2D eigenvalue weighted by Crippen LogP contribution is 2.24. The molecule has 7 heteroatoms. The highest BCUT2D eigenvalue weighted by Gasteiger charge is 2.21. The Kier molecular flexibility index (Phi) is 5.56. The molecule has 0 aliphatic carbocycles. The lowest BCUT2D eigenvalue weighted by Gasteiger charge is -2.16. The van der Waals surface area contributed by atoms with Crippen molar-refractivity contribution in [2.75, 3.05) is 18.1 Å². The molecule has 0 saturated carbocycles. The molecule has 0 N–H and O–H groups in total. The Labute approximate surface area is 167 Å². The molecule has 1 fully saturated rings. The first-order chi connectivity index (χ1) is 14.2. The van der Waals surface area contributed by atoms with E-state index in [0.717, 1.165) is 24.2 Å². The van der Waals surface area contributed by atoms with Crippen LogP contribution >= 0.6 is 0 Å². The molecule has 0 unspecified atom stereocenters. The highest BCUT2D eigenvalue weighted by molar-refractivity contribution is 5.95. The van der Waals surface area contributed by atoms with Gasteiger partial charge in [0.1, 0.15) is 11.4 Å². The van der Waals surface area contributed by atoms with Crippen LogP contribution < -0.4 is 9.64 Å². The van der Waals surface area contributed by atoms with Crippen LogP contribution in [0.1, 0.15) is 18.6 Å². The van der Waals surface area contributed by atoms with Gasteiger partial charge >= 0.3 is 5.97 Å². The molecule has 1 aliphatic heterocycles. The van der Waals surface area contributed by atoms with Crippen molar-refractivity contribution in [3.05, 3.63) is 66.4 Å². The van der Waals surface area contributed by atoms with Crippen molar-refractivity contribution >= 4 is 17.6 Å². The van der Waals surface area contributed by atoms with Gasteiger partial charge in [-0.1, -0.05) is 35.5 Å². The third-order valence-corrected chi connectivity index (χ3v) is 4.58. The molecular weight excluding hydrogens is 372 g/mol. The van der Waals surface area contributed by atoms with Crippen LogP contribution in [0.3, 0.4) is 0 Å². The van der Waals surface area contributed by atoms with E-state index in [2.05, 4.69) is 5.16 Å². The third-order valence-electron chi connectivity index (χ3n) is 4.58. The topological polar surface area (TPSA) is 81.9 Å². The fourth-order valence-corrected chi connectivity index (χ4v) is 3.10. The normalized spacial score (nSPS) is 13.5. The molecule has 7 nitrogen and oxygen atoms in total. The van der Waals surface area contributed by atoms with Gasteiger partial charge in [0.25, 0.3) is 0 Å². The molecule has 1 amide bonds. The summed E-state index contributed by atoms with van der Waals surface area (Å²) in [6.45, 7) is 0.499. The number of carbonyl (C=O) groups is 2. The van der Waals surface area contributed by atoms with E-state index in [1.54, 1.807) is 23.1 Å². The summed E-state index contributed by atoms with van der Waals surface area (Å²) in [5.41, 5.74) is 2.45. The number of rotatable bonds is 7. The summed E-state index contributed by atoms with van der Waals surface area (Å²) in [6, 6.07) is 18.4. The lowest BCUT2D eigenvalue weighted by Crippen LogP contribution is -2.23. The van der Waals surface area contributed by atoms with E-state index in [1.165, 1.54) is 0 Å². The van der Waals surface area contributed by atoms with Crippen molar-refractivity contribution in [3.8, 4) is 17.0 Å². The van der Waals surface area contributed by atoms with Gasteiger partial charge < -0.3 is 18.9 Å². The van der Waals surface area contributed by atoms with E-state index in [0.29, 0.717) is 23.6 Å². The smallest absolute Gasteiger partial charge is 0.344 e. The fourth-order valence-electron chi connectivity index (χ4n) is 3.10. The fraction of sp³-hybridized carbons (Fsp3) is 0.227. The van der Waals surface area contributed by atoms with E-state index < -0.39 is 5.97 Å². The van der Waals surface area contributed by atoms with Gasteiger partial charge in [-0.2, -0.15) is 0 Å². The SMILES string of the molecule is O=C(COc1ccc(N2CCCC2=O)cc1)OCc1cc(-c2ccccc2)no1. The number of aromatic nitrogens is 1. The monoisotopic (exact) mass is 392 g/mol. The molecule has 0 radical (unpaired) electrons. The Morgan fingerprint density at radius 2 is 1.90 bits per heavy atom. The van der Waals surface area contributed by atoms with E-state index in [9.17, 15) is 9.59 Å². The zero-order chi connectivity index (χ0) is 20.1. The van der Waals surface area contributed by atoms with E-state index in [-0.39, 0.29) is 19.1 Å². The number of nitrogens with zero attached hydrogens (tertiary/aromatic N) is 2. The van der Waals surface area contributed by atoms with Crippen molar-refractivity contribution in [1.29, 1.82) is 0 Å². The molecule has 4 rings (SSSR count). The van der Waals surface area contributed by atoms with Gasteiger partial charge in [-0.3, -0.25) is 4.79 Å². The molecule has 2 aromatic carbocycles. The number of hydrogen-bond acceptors (Lipinski definition) is 6. The first-order valence-corrected chi connectivity index (χ1v) is 9.39. The molecule has 1 aromatic heterocycles. The third kappa shape index (κ3) is 4.63. The van der Waals surface area contributed by atoms with Crippen LogP contribution in [0.25, 0.3) is 11.3 Å². The Bertz CT molecular complexity index is 982. The summed E-state index contributed by atoms with van der Waals surface area (Å²) in [5.74, 6) is 0.603. The van der Waals surface area contributed by atoms with Crippen LogP contribution in [0, 0.1) is 0 Å². The minimum absolute atomic E-state index is 0.0158. The van der Waals surface area contributed by atoms with Gasteiger partial charge in [0, 0.05) is 30.3 Å². The molecule has 1 saturated heterocycles. The van der Waals surface area contributed by atoms with Gasteiger partial charge in [-0.05, 0) is 30.7 Å². The molecule has 3 aromatic rings. The minimum atomic E-state index is -0.513. The molecule has 29 heavy (non-hydrogen) atoms. The number of benzene rings is 2. The van der Waals surface area contributed by atoms with E-state index in [1.807, 2.05) is 42.5 Å². The van der Waals surface area contributed by atoms with Crippen LogP contribution in [-0.2, 0) is 20.9 Å². The number of esters is 1. The van der Waals surface area contributed by atoms with Gasteiger partial charge in [0.05, 0.1) is 0 Å². The molecule has 0 atom stereocenters. The second-order valence-corrected chi connectivity index (χ2v) is 6.64. The second-order valence-electron chi connectivity index (χ2n) is 6.64. The summed E-state index contributed by atoms with van der Waals surface area (Å²) in [4.78, 5) is 25.4. The van der Waals surface area contributed by atoms with Crippen LogP contribution in [0.15, 0.2) is 65.2 Å². The van der Waals surface area contributed by atoms with E-state index >= 15 is 0 Å². The van der Waals surface area contributed by atoms with Gasteiger partial charge in [-0.15, -0.1) is 0 Å². The molecule has 148 valence electrons. The van der Waals surface area contributed by atoms with Crippen molar-refractivity contribution in [1.82, 2.24) is 5.16 Å². The summed E-state index contributed by atoms with van der Waals surface area (Å²) < 4.78 is 15.8. The molecule has 2 heterocycles. The zero-order valence-electron chi connectivity index (χ0n) is 15.7. The van der Waals surface area contributed by atoms with Crippen molar-refractivity contribution in [2.45, 2.75) is 19.4 Å². The first kappa shape index (κ1) is 18.7. The molecule has 1 aliphatic rings. The summed E-state index contributed by atoms with van der Waals surface area (Å²) in [6.07, 6.45) is 1.46. The maximum Gasteiger partial charge on any atom is 0.344 e. The van der Waals surface area contributed by atoms with Crippen LogP contribution in [0.2, 0.25) is 0 Å². The minimum Gasteiger partial charge on any atom is -0.482 e. The maximum atomic E-state index is 11.9. The zero-order valence-corrected chi connectivity index (χ0v) is 15.7. The average molecular weight is 392 g/mol. The van der Waals surface area contributed by atoms with Crippen molar-refractivity contribution < 1.29 is 23.6 Å². The molecular formula is C22H20N2O5. The second kappa shape index (κ2) is 8.60. The van der Waals surface area contributed by atoms with Gasteiger partial charge in [0.2, 0.25) is 5.91 Å². The number of anilines is 1. The Morgan fingerprint density at radius 3 is 2.62 bits per heavy atom. The summed E-state index contributed by atoms with van der Waals surface area (Å²) in [5, 5.41) is 3.98. The van der Waals surface area contributed by atoms with Gasteiger partial charge in [-0.25, -0.2) is 4.79 Å². The molecule has 0 spiro atoms. The average Bonchev–Trinajstić information content (AvgIpc) is 3.41. The predicted molar refractivity (Wildman–Crippen MR) is 105 cm³/mol. The largest absolute Gasteiger partial charge is 0.482 e. The summed E-state index contributed by atoms with van der Waals surface area (Å²) >= 11 is 0. The number of carbonyl (C=O) groups excluding carboxylic acids is 2. The van der Waals surface area contributed by atoms with Crippen LogP contribution in [-0.4, -0.2) is 30.2 Å². The number of ether oxygens (including phenoxy) is 2. The number of amides is 1. The maximum absolute atomic E-state index is 11.9. The first-order valence-electron chi connectivity index (χ1n) is 9.39. The molecule has 0 bridgehead atoms. The van der Waals surface area contributed by atoms with Crippen molar-refractivity contribution in [2.24, 2.45) is 0 Å². The Balaban J connectivity index is 1.24. The lowest BCUT2D eigenvalue weighted by atomic mass is 10.1. The predicted octanol–water partition coefficient (Wildman–Crippen LogP) is 3.59. The standard InChI is InChI=1S/C22H20N2O5/c25-21-7-4-12-24(21)17-8-10-18(11-9-17)27-15-22(26)28-14-19-13-20(23-29-19)16-5-2-1-3-6-16/h1-3,5-6,8-11,13H,4,7,12,14-15H2. The van der Waals surface area contributed by atoms with Crippen molar-refractivity contribution in [3.63, 3.8) is 0 Å². The van der Waals surface area contributed by atoms with Gasteiger partial charge in [0.15, 0.2) is 19.0 Å². The lowest BCUT2D eigenvalue weighted by molar-refractivity contribution is -0.148. The quantitative estimate of drug-likeness (QED) is 0.572. The Hall–Kier alpha value is -3.61. The van der Waals surface area contributed by atoms with E-state index in [4.69, 9.17) is 14.0 Å². The highest BCUT2D eigenvalue weighted by atomic mass is 16.6.